The van der Waals surface area contributed by atoms with Gasteiger partial charge in [-0.3, -0.25) is 0 Å². The lowest BCUT2D eigenvalue weighted by molar-refractivity contribution is -0.200. The van der Waals surface area contributed by atoms with E-state index in [4.69, 9.17) is 0 Å². The third kappa shape index (κ3) is 4.49. The molecule has 0 spiro atoms. The van der Waals surface area contributed by atoms with Gasteiger partial charge in [0.15, 0.2) is 6.10 Å². The SMILES string of the molecule is Cc1cccc(CC2(c3cccc(N4CC(F)C4)c3)CN(C[C@@H](O)C(F)(F)F)c3ccccc32)c1. The van der Waals surface area contributed by atoms with Gasteiger partial charge in [0, 0.05) is 23.3 Å². The number of nitrogens with zero attached hydrogens (tertiary/aromatic N) is 2. The van der Waals surface area contributed by atoms with Crippen LogP contribution in [0.2, 0.25) is 0 Å². The van der Waals surface area contributed by atoms with Gasteiger partial charge in [-0.05, 0) is 48.2 Å². The van der Waals surface area contributed by atoms with Gasteiger partial charge in [-0.1, -0.05) is 60.2 Å². The number of rotatable bonds is 6. The molecule has 1 fully saturated rings. The van der Waals surface area contributed by atoms with E-state index in [0.717, 1.165) is 27.9 Å². The lowest BCUT2D eigenvalue weighted by Crippen LogP contribution is -2.48. The molecule has 2 heterocycles. The minimum Gasteiger partial charge on any atom is -0.382 e. The van der Waals surface area contributed by atoms with Crippen LogP contribution in [-0.2, 0) is 11.8 Å². The zero-order valence-electron chi connectivity index (χ0n) is 19.5. The van der Waals surface area contributed by atoms with Gasteiger partial charge in [0.2, 0.25) is 0 Å². The van der Waals surface area contributed by atoms with Gasteiger partial charge in [-0.2, -0.15) is 13.2 Å². The molecule has 3 aromatic rings. The van der Waals surface area contributed by atoms with Crippen LogP contribution in [0.5, 0.6) is 0 Å². The summed E-state index contributed by atoms with van der Waals surface area (Å²) in [5.74, 6) is 0. The molecule has 5 rings (SSSR count). The normalized spacial score (nSPS) is 21.1. The first kappa shape index (κ1) is 23.7. The molecule has 2 aliphatic heterocycles. The van der Waals surface area contributed by atoms with E-state index < -0.39 is 30.4 Å². The number of aliphatic hydroxyl groups excluding tert-OH is 1. The van der Waals surface area contributed by atoms with E-state index in [9.17, 15) is 22.7 Å². The number of hydrogen-bond acceptors (Lipinski definition) is 3. The first-order chi connectivity index (χ1) is 16.7. The molecular weight excluding hydrogens is 456 g/mol. The van der Waals surface area contributed by atoms with Gasteiger partial charge in [-0.15, -0.1) is 0 Å². The van der Waals surface area contributed by atoms with Crippen molar-refractivity contribution in [1.29, 1.82) is 0 Å². The molecule has 184 valence electrons. The molecule has 0 radical (unpaired) electrons. The Hall–Kier alpha value is -3.06. The predicted molar refractivity (Wildman–Crippen MR) is 130 cm³/mol. The fourth-order valence-electron chi connectivity index (χ4n) is 5.43. The minimum atomic E-state index is -4.70. The van der Waals surface area contributed by atoms with Crippen LogP contribution < -0.4 is 9.80 Å². The Morgan fingerprint density at radius 3 is 2.46 bits per heavy atom. The molecule has 7 heteroatoms. The van der Waals surface area contributed by atoms with Gasteiger partial charge in [-0.25, -0.2) is 4.39 Å². The smallest absolute Gasteiger partial charge is 0.382 e. The summed E-state index contributed by atoms with van der Waals surface area (Å²) in [5, 5.41) is 9.91. The fourth-order valence-corrected chi connectivity index (χ4v) is 5.43. The highest BCUT2D eigenvalue weighted by atomic mass is 19.4. The van der Waals surface area contributed by atoms with Crippen LogP contribution in [0.4, 0.5) is 28.9 Å². The largest absolute Gasteiger partial charge is 0.416 e. The van der Waals surface area contributed by atoms with Gasteiger partial charge >= 0.3 is 6.18 Å². The molecule has 2 aliphatic rings. The predicted octanol–water partition coefficient (Wildman–Crippen LogP) is 5.43. The molecule has 0 aromatic heterocycles. The summed E-state index contributed by atoms with van der Waals surface area (Å²) in [7, 11) is 0. The summed E-state index contributed by atoms with van der Waals surface area (Å²) in [6, 6.07) is 23.6. The van der Waals surface area contributed by atoms with Gasteiger partial charge in [0.05, 0.1) is 19.6 Å². The van der Waals surface area contributed by atoms with Crippen molar-refractivity contribution in [3.8, 4) is 0 Å². The van der Waals surface area contributed by atoms with E-state index in [2.05, 4.69) is 6.07 Å². The number of aliphatic hydroxyl groups is 1. The number of hydrogen-bond donors (Lipinski definition) is 1. The van der Waals surface area contributed by atoms with Crippen LogP contribution in [0, 0.1) is 6.92 Å². The Kier molecular flexibility index (Phi) is 5.99. The Morgan fingerprint density at radius 1 is 1.00 bits per heavy atom. The van der Waals surface area contributed by atoms with E-state index >= 15 is 0 Å². The Labute approximate surface area is 202 Å². The lowest BCUT2D eigenvalue weighted by Gasteiger charge is -2.38. The minimum absolute atomic E-state index is 0.294. The van der Waals surface area contributed by atoms with Crippen molar-refractivity contribution in [1.82, 2.24) is 0 Å². The summed E-state index contributed by atoms with van der Waals surface area (Å²) >= 11 is 0. The first-order valence-electron chi connectivity index (χ1n) is 11.8. The zero-order chi connectivity index (χ0) is 24.8. The second kappa shape index (κ2) is 8.86. The van der Waals surface area contributed by atoms with E-state index in [1.165, 1.54) is 0 Å². The number of halogens is 4. The molecule has 1 N–H and O–H groups in total. The van der Waals surface area contributed by atoms with Crippen molar-refractivity contribution < 1.29 is 22.7 Å². The van der Waals surface area contributed by atoms with Crippen molar-refractivity contribution >= 4 is 11.4 Å². The van der Waals surface area contributed by atoms with Crippen molar-refractivity contribution in [3.05, 3.63) is 95.1 Å². The summed E-state index contributed by atoms with van der Waals surface area (Å²) in [6.45, 7) is 2.46. The standard InChI is InChI=1S/C28H28F4N2O/c1-19-6-4-7-20(12-19)14-27(21-8-5-9-23(13-21)33-15-22(29)16-33)18-34(17-26(35)28(30,31)32)25-11-3-2-10-24(25)27/h2-13,22,26,35H,14-18H2,1H3/t26-,27?/m1/s1. The third-order valence-corrected chi connectivity index (χ3v) is 7.18. The molecular formula is C28H28F4N2O. The van der Waals surface area contributed by atoms with Gasteiger partial charge in [0.25, 0.3) is 0 Å². The van der Waals surface area contributed by atoms with Crippen LogP contribution in [-0.4, -0.2) is 49.7 Å². The molecule has 35 heavy (non-hydrogen) atoms. The summed E-state index contributed by atoms with van der Waals surface area (Å²) in [5.41, 5.74) is 5.06. The number of alkyl halides is 4. The second-order valence-electron chi connectivity index (χ2n) is 9.76. The van der Waals surface area contributed by atoms with Crippen LogP contribution >= 0.6 is 0 Å². The third-order valence-electron chi connectivity index (χ3n) is 7.18. The lowest BCUT2D eigenvalue weighted by atomic mass is 9.71. The first-order valence-corrected chi connectivity index (χ1v) is 11.8. The van der Waals surface area contributed by atoms with Crippen molar-refractivity contribution in [2.75, 3.05) is 36.0 Å². The number of benzene rings is 3. The Bertz CT molecular complexity index is 1210. The highest BCUT2D eigenvalue weighted by Gasteiger charge is 2.47. The van der Waals surface area contributed by atoms with E-state index in [0.29, 0.717) is 31.7 Å². The number of β-amino-alcohol motifs (C(OH)–C–C–N with tert-alkyl or cyclic N) is 1. The van der Waals surface area contributed by atoms with E-state index in [1.54, 1.807) is 4.90 Å². The summed E-state index contributed by atoms with van der Waals surface area (Å²) in [6.07, 6.45) is -7.40. The molecule has 3 aromatic carbocycles. The quantitative estimate of drug-likeness (QED) is 0.473. The number of anilines is 2. The van der Waals surface area contributed by atoms with E-state index in [1.807, 2.05) is 78.6 Å². The molecule has 2 atom stereocenters. The van der Waals surface area contributed by atoms with Crippen LogP contribution in [0.3, 0.4) is 0 Å². The number of aryl methyl sites for hydroxylation is 1. The fraction of sp³-hybridized carbons (Fsp3) is 0.357. The van der Waals surface area contributed by atoms with Crippen molar-refractivity contribution in [2.24, 2.45) is 0 Å². The van der Waals surface area contributed by atoms with Crippen LogP contribution in [0.25, 0.3) is 0 Å². The highest BCUT2D eigenvalue weighted by Crippen LogP contribution is 2.48. The molecule has 0 amide bonds. The number of fused-ring (bicyclic) bond motifs is 1. The van der Waals surface area contributed by atoms with Crippen molar-refractivity contribution in [3.63, 3.8) is 0 Å². The van der Waals surface area contributed by atoms with Crippen LogP contribution in [0.15, 0.2) is 72.8 Å². The Balaban J connectivity index is 1.61. The molecule has 3 nitrogen and oxygen atoms in total. The highest BCUT2D eigenvalue weighted by molar-refractivity contribution is 5.68. The van der Waals surface area contributed by atoms with Gasteiger partial charge < -0.3 is 14.9 Å². The summed E-state index contributed by atoms with van der Waals surface area (Å²) in [4.78, 5) is 3.62. The topological polar surface area (TPSA) is 26.7 Å². The average Bonchev–Trinajstić information content (AvgIpc) is 3.11. The zero-order valence-corrected chi connectivity index (χ0v) is 19.5. The Morgan fingerprint density at radius 2 is 1.74 bits per heavy atom. The maximum atomic E-state index is 13.6. The van der Waals surface area contributed by atoms with Crippen LogP contribution in [0.1, 0.15) is 22.3 Å². The molecule has 0 bridgehead atoms. The maximum absolute atomic E-state index is 13.6. The number of para-hydroxylation sites is 1. The van der Waals surface area contributed by atoms with Gasteiger partial charge in [0.1, 0.15) is 6.17 Å². The monoisotopic (exact) mass is 484 g/mol. The molecule has 1 saturated heterocycles. The molecule has 1 unspecified atom stereocenters. The maximum Gasteiger partial charge on any atom is 0.416 e. The molecule has 0 saturated carbocycles. The average molecular weight is 485 g/mol. The molecule has 0 aliphatic carbocycles. The summed E-state index contributed by atoms with van der Waals surface area (Å²) < 4.78 is 53.4. The van der Waals surface area contributed by atoms with Crippen molar-refractivity contribution in [2.45, 2.75) is 37.2 Å². The van der Waals surface area contributed by atoms with E-state index in [-0.39, 0.29) is 0 Å². The second-order valence-corrected chi connectivity index (χ2v) is 9.76.